The van der Waals surface area contributed by atoms with E-state index in [1.165, 1.54) is 0 Å². The number of anilines is 2. The first kappa shape index (κ1) is 13.4. The minimum atomic E-state index is 0.727. The van der Waals surface area contributed by atoms with Gasteiger partial charge in [-0.25, -0.2) is 4.98 Å². The molecule has 0 spiro atoms. The van der Waals surface area contributed by atoms with E-state index in [-0.39, 0.29) is 0 Å². The summed E-state index contributed by atoms with van der Waals surface area (Å²) in [5.41, 5.74) is 4.37. The summed E-state index contributed by atoms with van der Waals surface area (Å²) in [5.74, 6) is 0.727. The van der Waals surface area contributed by atoms with Crippen molar-refractivity contribution in [1.82, 2.24) is 4.98 Å². The average molecular weight is 256 g/mol. The van der Waals surface area contributed by atoms with Gasteiger partial charge in [-0.15, -0.1) is 0 Å². The van der Waals surface area contributed by atoms with Gasteiger partial charge in [0.25, 0.3) is 0 Å². The number of hydrogen-bond acceptors (Lipinski definition) is 3. The van der Waals surface area contributed by atoms with Gasteiger partial charge in [-0.2, -0.15) is 0 Å². The smallest absolute Gasteiger partial charge is 0.216 e. The van der Waals surface area contributed by atoms with Crippen molar-refractivity contribution in [2.24, 2.45) is 0 Å². The molecule has 0 atom stereocenters. The second-order valence-electron chi connectivity index (χ2n) is 4.51. The Kier molecular flexibility index (Phi) is 4.05. The number of methoxy groups -OCH3 is 1. The van der Waals surface area contributed by atoms with Crippen molar-refractivity contribution < 1.29 is 4.74 Å². The summed E-state index contributed by atoms with van der Waals surface area (Å²) in [5, 5.41) is 0. The van der Waals surface area contributed by atoms with E-state index in [1.807, 2.05) is 25.1 Å². The maximum atomic E-state index is 5.33. The maximum Gasteiger partial charge on any atom is 0.216 e. The van der Waals surface area contributed by atoms with Crippen LogP contribution in [0.4, 0.5) is 11.4 Å². The molecule has 2 rings (SSSR count). The lowest BCUT2D eigenvalue weighted by molar-refractivity contribution is 0.392. The summed E-state index contributed by atoms with van der Waals surface area (Å²) in [6.07, 6.45) is 0.909. The van der Waals surface area contributed by atoms with Crippen molar-refractivity contribution in [3.8, 4) is 5.88 Å². The first-order valence-corrected chi connectivity index (χ1v) is 6.50. The van der Waals surface area contributed by atoms with Crippen molar-refractivity contribution in [2.45, 2.75) is 20.3 Å². The highest BCUT2D eigenvalue weighted by molar-refractivity contribution is 5.65. The first-order chi connectivity index (χ1) is 9.17. The molecule has 0 radical (unpaired) electrons. The Balaban J connectivity index is 2.45. The van der Waals surface area contributed by atoms with E-state index in [2.05, 4.69) is 42.1 Å². The van der Waals surface area contributed by atoms with E-state index in [0.29, 0.717) is 0 Å². The Morgan fingerprint density at radius 2 is 1.89 bits per heavy atom. The molecule has 0 unspecified atom stereocenters. The molecule has 2 aromatic rings. The van der Waals surface area contributed by atoms with Crippen molar-refractivity contribution in [3.63, 3.8) is 0 Å². The molecule has 0 bridgehead atoms. The fourth-order valence-electron chi connectivity index (χ4n) is 2.17. The van der Waals surface area contributed by atoms with Gasteiger partial charge in [0.2, 0.25) is 5.88 Å². The molecular weight excluding hydrogens is 236 g/mol. The Morgan fingerprint density at radius 3 is 2.47 bits per heavy atom. The fraction of sp³-hybridized carbons (Fsp3) is 0.312. The molecule has 0 aliphatic rings. The van der Waals surface area contributed by atoms with Gasteiger partial charge in [-0.3, -0.25) is 0 Å². The normalized spacial score (nSPS) is 10.3. The number of aryl methyl sites for hydroxylation is 2. The van der Waals surface area contributed by atoms with Crippen LogP contribution in [0.5, 0.6) is 5.88 Å². The number of nitrogens with zero attached hydrogens (tertiary/aromatic N) is 2. The predicted molar refractivity (Wildman–Crippen MR) is 79.4 cm³/mol. The lowest BCUT2D eigenvalue weighted by atomic mass is 10.1. The first-order valence-electron chi connectivity index (χ1n) is 6.50. The largest absolute Gasteiger partial charge is 0.481 e. The Bertz CT molecular complexity index is 552. The molecule has 0 saturated carbocycles. The average Bonchev–Trinajstić information content (AvgIpc) is 2.47. The zero-order chi connectivity index (χ0) is 13.8. The summed E-state index contributed by atoms with van der Waals surface area (Å²) in [7, 11) is 3.73. The van der Waals surface area contributed by atoms with E-state index in [1.54, 1.807) is 7.11 Å². The molecule has 0 aliphatic carbocycles. The van der Waals surface area contributed by atoms with Gasteiger partial charge in [0, 0.05) is 18.3 Å². The van der Waals surface area contributed by atoms with Crippen LogP contribution in [-0.2, 0) is 6.42 Å². The highest BCUT2D eigenvalue weighted by atomic mass is 16.5. The van der Waals surface area contributed by atoms with Crippen LogP contribution in [0.3, 0.4) is 0 Å². The highest BCUT2D eigenvalue weighted by Gasteiger charge is 2.12. The third kappa shape index (κ3) is 2.70. The quantitative estimate of drug-likeness (QED) is 0.833. The summed E-state index contributed by atoms with van der Waals surface area (Å²) in [6, 6.07) is 12.4. The van der Waals surface area contributed by atoms with E-state index in [0.717, 1.165) is 34.9 Å². The van der Waals surface area contributed by atoms with E-state index < -0.39 is 0 Å². The number of ether oxygens (including phenoxy) is 1. The Labute approximate surface area is 114 Å². The molecule has 100 valence electrons. The SMILES string of the molecule is CCc1cc(N(C)c2ccccc2)c(C)nc1OC. The van der Waals surface area contributed by atoms with Crippen LogP contribution in [0.25, 0.3) is 0 Å². The van der Waals surface area contributed by atoms with E-state index in [4.69, 9.17) is 4.74 Å². The van der Waals surface area contributed by atoms with Gasteiger partial charge in [-0.05, 0) is 31.5 Å². The highest BCUT2D eigenvalue weighted by Crippen LogP contribution is 2.30. The van der Waals surface area contributed by atoms with Gasteiger partial charge >= 0.3 is 0 Å². The molecule has 19 heavy (non-hydrogen) atoms. The van der Waals surface area contributed by atoms with Gasteiger partial charge in [-0.1, -0.05) is 25.1 Å². The molecule has 1 aromatic heterocycles. The number of hydrogen-bond donors (Lipinski definition) is 0. The fourth-order valence-corrected chi connectivity index (χ4v) is 2.17. The zero-order valence-electron chi connectivity index (χ0n) is 12.0. The van der Waals surface area contributed by atoms with Crippen molar-refractivity contribution in [3.05, 3.63) is 47.7 Å². The third-order valence-electron chi connectivity index (χ3n) is 3.30. The molecule has 1 aromatic carbocycles. The van der Waals surface area contributed by atoms with Crippen LogP contribution in [0, 0.1) is 6.92 Å². The molecular formula is C16H20N2O. The van der Waals surface area contributed by atoms with Crippen molar-refractivity contribution in [1.29, 1.82) is 0 Å². The van der Waals surface area contributed by atoms with Crippen LogP contribution in [0.2, 0.25) is 0 Å². The Hall–Kier alpha value is -2.03. The van der Waals surface area contributed by atoms with Crippen LogP contribution in [0.1, 0.15) is 18.2 Å². The zero-order valence-corrected chi connectivity index (χ0v) is 12.0. The second kappa shape index (κ2) is 5.74. The van der Waals surface area contributed by atoms with Crippen molar-refractivity contribution >= 4 is 11.4 Å². The lowest BCUT2D eigenvalue weighted by Gasteiger charge is -2.22. The predicted octanol–water partition coefficient (Wildman–Crippen LogP) is 3.73. The molecule has 0 saturated heterocycles. The van der Waals surface area contributed by atoms with Gasteiger partial charge in [0.1, 0.15) is 0 Å². The number of pyridine rings is 1. The molecule has 3 nitrogen and oxygen atoms in total. The van der Waals surface area contributed by atoms with Gasteiger partial charge < -0.3 is 9.64 Å². The van der Waals surface area contributed by atoms with Crippen LogP contribution in [0.15, 0.2) is 36.4 Å². The summed E-state index contributed by atoms with van der Waals surface area (Å²) >= 11 is 0. The molecule has 0 amide bonds. The summed E-state index contributed by atoms with van der Waals surface area (Å²) in [4.78, 5) is 6.70. The lowest BCUT2D eigenvalue weighted by Crippen LogP contribution is -2.12. The number of para-hydroxylation sites is 1. The number of rotatable bonds is 4. The molecule has 0 fully saturated rings. The maximum absolute atomic E-state index is 5.33. The van der Waals surface area contributed by atoms with Crippen LogP contribution < -0.4 is 9.64 Å². The Morgan fingerprint density at radius 1 is 1.21 bits per heavy atom. The standard InChI is InChI=1S/C16H20N2O/c1-5-13-11-15(12(2)17-16(13)19-4)18(3)14-9-7-6-8-10-14/h6-11H,5H2,1-4H3. The topological polar surface area (TPSA) is 25.4 Å². The summed E-state index contributed by atoms with van der Waals surface area (Å²) in [6.45, 7) is 4.12. The number of benzene rings is 1. The van der Waals surface area contributed by atoms with Crippen LogP contribution in [-0.4, -0.2) is 19.1 Å². The van der Waals surface area contributed by atoms with E-state index >= 15 is 0 Å². The molecule has 1 heterocycles. The van der Waals surface area contributed by atoms with E-state index in [9.17, 15) is 0 Å². The van der Waals surface area contributed by atoms with Crippen molar-refractivity contribution in [2.75, 3.05) is 19.1 Å². The summed E-state index contributed by atoms with van der Waals surface area (Å²) < 4.78 is 5.33. The monoisotopic (exact) mass is 256 g/mol. The molecule has 0 N–H and O–H groups in total. The minimum Gasteiger partial charge on any atom is -0.481 e. The number of aromatic nitrogens is 1. The third-order valence-corrected chi connectivity index (χ3v) is 3.30. The molecule has 0 aliphatic heterocycles. The van der Waals surface area contributed by atoms with Gasteiger partial charge in [0.05, 0.1) is 18.5 Å². The van der Waals surface area contributed by atoms with Gasteiger partial charge in [0.15, 0.2) is 0 Å². The van der Waals surface area contributed by atoms with Crippen LogP contribution >= 0.6 is 0 Å². The second-order valence-corrected chi connectivity index (χ2v) is 4.51. The molecule has 3 heteroatoms. The minimum absolute atomic E-state index is 0.727.